The molecular weight excluding hydrogens is 160 g/mol. The topological polar surface area (TPSA) is 26.3 Å². The molecule has 1 unspecified atom stereocenters. The summed E-state index contributed by atoms with van der Waals surface area (Å²) in [4.78, 5) is 10.7. The molecule has 2 nitrogen and oxygen atoms in total. The Kier molecular flexibility index (Phi) is 3.40. The molecule has 1 saturated heterocycles. The number of ether oxygens (including phenoxy) is 1. The lowest BCUT2D eigenvalue weighted by molar-refractivity contribution is -0.128. The lowest BCUT2D eigenvalue weighted by Gasteiger charge is -2.23. The summed E-state index contributed by atoms with van der Waals surface area (Å²) in [6.45, 7) is 0. The van der Waals surface area contributed by atoms with Crippen molar-refractivity contribution >= 4 is 18.0 Å². The number of hydrogen-bond acceptors (Lipinski definition) is 3. The zero-order valence-electron chi connectivity index (χ0n) is 6.84. The molecule has 0 aliphatic carbocycles. The number of aldehydes is 1. The average Bonchev–Trinajstić information content (AvgIpc) is 2.30. The predicted molar refractivity (Wildman–Crippen MR) is 47.0 cm³/mol. The van der Waals surface area contributed by atoms with Crippen molar-refractivity contribution in [2.75, 3.05) is 18.6 Å². The highest BCUT2D eigenvalue weighted by Gasteiger charge is 2.29. The van der Waals surface area contributed by atoms with E-state index in [0.717, 1.165) is 31.3 Å². The van der Waals surface area contributed by atoms with E-state index in [0.29, 0.717) is 0 Å². The summed E-state index contributed by atoms with van der Waals surface area (Å²) < 4.78 is 5.23. The van der Waals surface area contributed by atoms with Crippen molar-refractivity contribution in [2.45, 2.75) is 24.9 Å². The Bertz CT molecular complexity index is 128. The third kappa shape index (κ3) is 2.20. The average molecular weight is 174 g/mol. The summed E-state index contributed by atoms with van der Waals surface area (Å²) in [5, 5.41) is 0. The van der Waals surface area contributed by atoms with Crippen LogP contribution in [0.15, 0.2) is 0 Å². The third-order valence-electron chi connectivity index (χ3n) is 2.18. The highest BCUT2D eigenvalue weighted by Crippen LogP contribution is 2.26. The van der Waals surface area contributed by atoms with Crippen LogP contribution in [0.2, 0.25) is 0 Å². The normalized spacial score (nSPS) is 32.8. The van der Waals surface area contributed by atoms with Crippen molar-refractivity contribution in [2.24, 2.45) is 0 Å². The van der Waals surface area contributed by atoms with Crippen LogP contribution in [0.25, 0.3) is 0 Å². The fraction of sp³-hybridized carbons (Fsp3) is 0.875. The summed E-state index contributed by atoms with van der Waals surface area (Å²) in [5.74, 6) is 2.21. The van der Waals surface area contributed by atoms with Gasteiger partial charge in [0.25, 0.3) is 0 Å². The summed E-state index contributed by atoms with van der Waals surface area (Å²) in [6.07, 6.45) is 3.83. The van der Waals surface area contributed by atoms with E-state index in [2.05, 4.69) is 0 Å². The minimum atomic E-state index is -0.455. The fourth-order valence-corrected chi connectivity index (χ4v) is 2.36. The molecule has 0 aromatic carbocycles. The van der Waals surface area contributed by atoms with E-state index < -0.39 is 5.60 Å². The second-order valence-electron chi connectivity index (χ2n) is 2.85. The smallest absolute Gasteiger partial charge is 0.151 e. The van der Waals surface area contributed by atoms with Gasteiger partial charge in [-0.15, -0.1) is 0 Å². The van der Waals surface area contributed by atoms with Crippen LogP contribution in [0.5, 0.6) is 0 Å². The SMILES string of the molecule is COC1(C=O)CCCSCC1. The van der Waals surface area contributed by atoms with Crippen molar-refractivity contribution < 1.29 is 9.53 Å². The van der Waals surface area contributed by atoms with Crippen molar-refractivity contribution in [3.8, 4) is 0 Å². The third-order valence-corrected chi connectivity index (χ3v) is 3.25. The first-order chi connectivity index (χ1) is 5.33. The molecule has 0 aromatic rings. The van der Waals surface area contributed by atoms with Crippen LogP contribution in [-0.4, -0.2) is 30.5 Å². The molecule has 0 spiro atoms. The van der Waals surface area contributed by atoms with Gasteiger partial charge in [0, 0.05) is 7.11 Å². The van der Waals surface area contributed by atoms with E-state index >= 15 is 0 Å². The molecule has 1 fully saturated rings. The van der Waals surface area contributed by atoms with E-state index in [1.807, 2.05) is 11.8 Å². The minimum Gasteiger partial charge on any atom is -0.371 e. The molecule has 0 saturated carbocycles. The van der Waals surface area contributed by atoms with Gasteiger partial charge in [0.1, 0.15) is 5.60 Å². The number of hydrogen-bond donors (Lipinski definition) is 0. The van der Waals surface area contributed by atoms with Crippen LogP contribution >= 0.6 is 11.8 Å². The number of rotatable bonds is 2. The first-order valence-electron chi connectivity index (χ1n) is 3.92. The Hall–Kier alpha value is -0.0200. The second kappa shape index (κ2) is 4.12. The molecule has 11 heavy (non-hydrogen) atoms. The molecule has 0 aromatic heterocycles. The van der Waals surface area contributed by atoms with E-state index in [1.165, 1.54) is 5.75 Å². The van der Waals surface area contributed by atoms with Gasteiger partial charge in [0.05, 0.1) is 0 Å². The van der Waals surface area contributed by atoms with Gasteiger partial charge >= 0.3 is 0 Å². The Labute approximate surface area is 71.7 Å². The van der Waals surface area contributed by atoms with Crippen LogP contribution in [-0.2, 0) is 9.53 Å². The molecule has 64 valence electrons. The largest absolute Gasteiger partial charge is 0.371 e. The Morgan fingerprint density at radius 2 is 2.27 bits per heavy atom. The molecule has 1 heterocycles. The number of carbonyl (C=O) groups is 1. The molecule has 0 bridgehead atoms. The van der Waals surface area contributed by atoms with Gasteiger partial charge in [-0.2, -0.15) is 11.8 Å². The zero-order valence-corrected chi connectivity index (χ0v) is 7.65. The van der Waals surface area contributed by atoms with Gasteiger partial charge in [-0.25, -0.2) is 0 Å². The van der Waals surface area contributed by atoms with Crippen LogP contribution < -0.4 is 0 Å². The summed E-state index contributed by atoms with van der Waals surface area (Å²) in [6, 6.07) is 0. The van der Waals surface area contributed by atoms with Gasteiger partial charge in [0.2, 0.25) is 0 Å². The molecule has 3 heteroatoms. The van der Waals surface area contributed by atoms with E-state index in [-0.39, 0.29) is 0 Å². The van der Waals surface area contributed by atoms with Gasteiger partial charge < -0.3 is 9.53 Å². The lowest BCUT2D eigenvalue weighted by Crippen LogP contribution is -2.33. The van der Waals surface area contributed by atoms with Gasteiger partial charge in [-0.1, -0.05) is 0 Å². The van der Waals surface area contributed by atoms with E-state index in [1.54, 1.807) is 7.11 Å². The van der Waals surface area contributed by atoms with Gasteiger partial charge in [0.15, 0.2) is 6.29 Å². The maximum absolute atomic E-state index is 10.7. The van der Waals surface area contributed by atoms with E-state index in [9.17, 15) is 4.79 Å². The Morgan fingerprint density at radius 1 is 1.45 bits per heavy atom. The minimum absolute atomic E-state index is 0.455. The van der Waals surface area contributed by atoms with Crippen molar-refractivity contribution in [3.63, 3.8) is 0 Å². The molecule has 1 atom stereocenters. The Balaban J connectivity index is 2.55. The second-order valence-corrected chi connectivity index (χ2v) is 4.08. The molecule has 0 N–H and O–H groups in total. The maximum Gasteiger partial charge on any atom is 0.151 e. The molecule has 1 aliphatic heterocycles. The van der Waals surface area contributed by atoms with Crippen LogP contribution in [0.1, 0.15) is 19.3 Å². The van der Waals surface area contributed by atoms with Crippen LogP contribution in [0, 0.1) is 0 Å². The predicted octanol–water partition coefficient (Wildman–Crippen LogP) is 1.49. The standard InChI is InChI=1S/C8H14O2S/c1-10-8(7-9)3-2-5-11-6-4-8/h7H,2-6H2,1H3. The molecular formula is C8H14O2S. The highest BCUT2D eigenvalue weighted by atomic mass is 32.2. The molecule has 1 rings (SSSR count). The molecule has 0 amide bonds. The van der Waals surface area contributed by atoms with E-state index in [4.69, 9.17) is 4.74 Å². The summed E-state index contributed by atoms with van der Waals surface area (Å²) >= 11 is 1.91. The Morgan fingerprint density at radius 3 is 2.91 bits per heavy atom. The van der Waals surface area contributed by atoms with Crippen molar-refractivity contribution in [1.29, 1.82) is 0 Å². The molecule has 0 radical (unpaired) electrons. The number of methoxy groups -OCH3 is 1. The van der Waals surface area contributed by atoms with Crippen molar-refractivity contribution in [1.82, 2.24) is 0 Å². The summed E-state index contributed by atoms with van der Waals surface area (Å²) in [7, 11) is 1.63. The maximum atomic E-state index is 10.7. The van der Waals surface area contributed by atoms with Crippen LogP contribution in [0.3, 0.4) is 0 Å². The number of carbonyl (C=O) groups excluding carboxylic acids is 1. The quantitative estimate of drug-likeness (QED) is 0.593. The van der Waals surface area contributed by atoms with Gasteiger partial charge in [-0.05, 0) is 30.8 Å². The first-order valence-corrected chi connectivity index (χ1v) is 5.08. The van der Waals surface area contributed by atoms with Crippen molar-refractivity contribution in [3.05, 3.63) is 0 Å². The fourth-order valence-electron chi connectivity index (χ4n) is 1.32. The van der Waals surface area contributed by atoms with Gasteiger partial charge in [-0.3, -0.25) is 0 Å². The number of thioether (sulfide) groups is 1. The zero-order chi connectivity index (χ0) is 8.16. The highest BCUT2D eigenvalue weighted by molar-refractivity contribution is 7.99. The first kappa shape index (κ1) is 9.07. The monoisotopic (exact) mass is 174 g/mol. The van der Waals surface area contributed by atoms with Crippen LogP contribution in [0.4, 0.5) is 0 Å². The lowest BCUT2D eigenvalue weighted by atomic mass is 9.97. The summed E-state index contributed by atoms with van der Waals surface area (Å²) in [5.41, 5.74) is -0.455. The molecule has 1 aliphatic rings.